The number of sulfonamides is 1. The first kappa shape index (κ1) is 13.8. The van der Waals surface area contributed by atoms with Gasteiger partial charge in [0.1, 0.15) is 5.82 Å². The van der Waals surface area contributed by atoms with Crippen LogP contribution in [-0.2, 0) is 16.6 Å². The number of aryl methyl sites for hydroxylation is 1. The van der Waals surface area contributed by atoms with E-state index in [-0.39, 0.29) is 17.3 Å². The highest BCUT2D eigenvalue weighted by Crippen LogP contribution is 2.27. The minimum absolute atomic E-state index is 0.00865. The molecule has 0 amide bonds. The second-order valence-corrected chi connectivity index (χ2v) is 6.88. The Balaban J connectivity index is 1.99. The maximum Gasteiger partial charge on any atom is 0.264 e. The van der Waals surface area contributed by atoms with Gasteiger partial charge in [-0.15, -0.1) is 0 Å². The van der Waals surface area contributed by atoms with Gasteiger partial charge in [-0.2, -0.15) is 0 Å². The molecule has 0 bridgehead atoms. The first-order valence-electron chi connectivity index (χ1n) is 6.52. The molecule has 1 aliphatic rings. The Hall–Kier alpha value is -2.14. The van der Waals surface area contributed by atoms with E-state index in [1.54, 1.807) is 42.5 Å². The minimum Gasteiger partial charge on any atom is -0.269 e. The van der Waals surface area contributed by atoms with E-state index in [0.717, 1.165) is 5.56 Å². The molecule has 2 aromatic carbocycles. The molecule has 108 valence electrons. The predicted octanol–water partition coefficient (Wildman–Crippen LogP) is 3.31. The van der Waals surface area contributed by atoms with Gasteiger partial charge in [0.25, 0.3) is 10.0 Å². The average molecular weight is 303 g/mol. The van der Waals surface area contributed by atoms with Crippen LogP contribution >= 0.6 is 0 Å². The van der Waals surface area contributed by atoms with E-state index in [0.29, 0.717) is 11.1 Å². The Kier molecular flexibility index (Phi) is 3.29. The Morgan fingerprint density at radius 3 is 2.52 bits per heavy atom. The van der Waals surface area contributed by atoms with Gasteiger partial charge in [0.2, 0.25) is 0 Å². The van der Waals surface area contributed by atoms with Gasteiger partial charge in [-0.05, 0) is 36.8 Å². The summed E-state index contributed by atoms with van der Waals surface area (Å²) in [5, 5.41) is 0. The summed E-state index contributed by atoms with van der Waals surface area (Å²) in [7, 11) is -3.66. The summed E-state index contributed by atoms with van der Waals surface area (Å²) in [4.78, 5) is 0.206. The predicted molar refractivity (Wildman–Crippen MR) is 79.3 cm³/mol. The van der Waals surface area contributed by atoms with Crippen molar-refractivity contribution < 1.29 is 12.8 Å². The molecule has 0 aromatic heterocycles. The number of halogens is 1. The molecular formula is C16H14FNO2S. The highest BCUT2D eigenvalue weighted by molar-refractivity contribution is 7.89. The van der Waals surface area contributed by atoms with E-state index >= 15 is 0 Å². The van der Waals surface area contributed by atoms with Crippen LogP contribution in [0.4, 0.5) is 4.39 Å². The van der Waals surface area contributed by atoms with Crippen molar-refractivity contribution in [2.24, 2.45) is 0 Å². The van der Waals surface area contributed by atoms with E-state index in [2.05, 4.69) is 0 Å². The molecule has 2 aromatic rings. The lowest BCUT2D eigenvalue weighted by Gasteiger charge is -2.25. The van der Waals surface area contributed by atoms with Gasteiger partial charge in [0, 0.05) is 11.8 Å². The molecule has 0 saturated heterocycles. The van der Waals surface area contributed by atoms with Crippen molar-refractivity contribution in [3.63, 3.8) is 0 Å². The molecule has 3 nitrogen and oxygen atoms in total. The number of rotatable bonds is 2. The SMILES string of the molecule is Cc1ccc(S(=O)(=O)N2C=Cc3cccc(F)c3C2)cc1. The molecule has 1 heterocycles. The molecule has 0 fully saturated rings. The topological polar surface area (TPSA) is 37.4 Å². The third-order valence-electron chi connectivity index (χ3n) is 3.52. The average Bonchev–Trinajstić information content (AvgIpc) is 2.48. The van der Waals surface area contributed by atoms with Gasteiger partial charge in [0.05, 0.1) is 11.4 Å². The van der Waals surface area contributed by atoms with E-state index in [9.17, 15) is 12.8 Å². The Labute approximate surface area is 123 Å². The Bertz CT molecular complexity index is 811. The van der Waals surface area contributed by atoms with E-state index in [1.807, 2.05) is 6.92 Å². The van der Waals surface area contributed by atoms with Gasteiger partial charge in [-0.1, -0.05) is 29.8 Å². The summed E-state index contributed by atoms with van der Waals surface area (Å²) in [6.45, 7) is 1.90. The van der Waals surface area contributed by atoms with Crippen LogP contribution in [0.1, 0.15) is 16.7 Å². The highest BCUT2D eigenvalue weighted by Gasteiger charge is 2.25. The molecule has 0 N–H and O–H groups in total. The zero-order valence-corrected chi connectivity index (χ0v) is 12.3. The Morgan fingerprint density at radius 1 is 1.10 bits per heavy atom. The summed E-state index contributed by atoms with van der Waals surface area (Å²) >= 11 is 0. The van der Waals surface area contributed by atoms with Gasteiger partial charge in [0.15, 0.2) is 0 Å². The van der Waals surface area contributed by atoms with E-state index in [4.69, 9.17) is 0 Å². The fourth-order valence-electron chi connectivity index (χ4n) is 2.28. The van der Waals surface area contributed by atoms with Crippen LogP contribution in [-0.4, -0.2) is 12.7 Å². The van der Waals surface area contributed by atoms with Gasteiger partial charge in [-0.3, -0.25) is 4.31 Å². The van der Waals surface area contributed by atoms with Crippen LogP contribution in [0.5, 0.6) is 0 Å². The van der Waals surface area contributed by atoms with Gasteiger partial charge < -0.3 is 0 Å². The number of hydrogen-bond acceptors (Lipinski definition) is 2. The second kappa shape index (κ2) is 5.00. The van der Waals surface area contributed by atoms with Gasteiger partial charge in [-0.25, -0.2) is 12.8 Å². The lowest BCUT2D eigenvalue weighted by Crippen LogP contribution is -2.28. The fourth-order valence-corrected chi connectivity index (χ4v) is 3.55. The zero-order chi connectivity index (χ0) is 15.0. The van der Waals surface area contributed by atoms with Crippen molar-refractivity contribution in [2.45, 2.75) is 18.4 Å². The van der Waals surface area contributed by atoms with Crippen LogP contribution in [0.15, 0.2) is 53.6 Å². The zero-order valence-electron chi connectivity index (χ0n) is 11.5. The lowest BCUT2D eigenvalue weighted by molar-refractivity contribution is 0.481. The van der Waals surface area contributed by atoms with E-state index in [1.165, 1.54) is 16.6 Å². The lowest BCUT2D eigenvalue weighted by atomic mass is 10.1. The molecule has 0 atom stereocenters. The number of nitrogens with zero attached hydrogens (tertiary/aromatic N) is 1. The summed E-state index contributed by atoms with van der Waals surface area (Å²) in [6, 6.07) is 11.3. The van der Waals surface area contributed by atoms with Crippen molar-refractivity contribution in [1.29, 1.82) is 0 Å². The van der Waals surface area contributed by atoms with Crippen molar-refractivity contribution in [1.82, 2.24) is 4.31 Å². The molecule has 1 aliphatic heterocycles. The molecule has 21 heavy (non-hydrogen) atoms. The van der Waals surface area contributed by atoms with E-state index < -0.39 is 10.0 Å². The molecule has 0 unspecified atom stereocenters. The number of fused-ring (bicyclic) bond motifs is 1. The van der Waals surface area contributed by atoms with Crippen LogP contribution in [0.3, 0.4) is 0 Å². The Morgan fingerprint density at radius 2 is 1.81 bits per heavy atom. The third kappa shape index (κ3) is 2.45. The van der Waals surface area contributed by atoms with Crippen molar-refractivity contribution in [2.75, 3.05) is 0 Å². The molecule has 0 radical (unpaired) electrons. The first-order valence-corrected chi connectivity index (χ1v) is 7.96. The largest absolute Gasteiger partial charge is 0.269 e. The summed E-state index contributed by atoms with van der Waals surface area (Å²) < 4.78 is 40.1. The molecule has 0 aliphatic carbocycles. The molecule has 5 heteroatoms. The molecule has 0 saturated carbocycles. The molecule has 0 spiro atoms. The van der Waals surface area contributed by atoms with Crippen LogP contribution in [0.25, 0.3) is 6.08 Å². The summed E-state index contributed by atoms with van der Waals surface area (Å²) in [5.74, 6) is -0.388. The van der Waals surface area contributed by atoms with Crippen molar-refractivity contribution >= 4 is 16.1 Å². The monoisotopic (exact) mass is 303 g/mol. The summed E-state index contributed by atoms with van der Waals surface area (Å²) in [6.07, 6.45) is 3.10. The molecular weight excluding hydrogens is 289 g/mol. The van der Waals surface area contributed by atoms with Crippen LogP contribution < -0.4 is 0 Å². The van der Waals surface area contributed by atoms with Gasteiger partial charge >= 0.3 is 0 Å². The summed E-state index contributed by atoms with van der Waals surface area (Å²) in [5.41, 5.74) is 2.10. The van der Waals surface area contributed by atoms with Crippen molar-refractivity contribution in [3.05, 3.63) is 71.2 Å². The standard InChI is InChI=1S/C16H14FNO2S/c1-12-5-7-14(8-6-12)21(19,20)18-10-9-13-3-2-4-16(17)15(13)11-18/h2-10H,11H2,1H3. The maximum atomic E-state index is 13.8. The second-order valence-electron chi connectivity index (χ2n) is 4.99. The van der Waals surface area contributed by atoms with Crippen LogP contribution in [0.2, 0.25) is 0 Å². The normalized spacial score (nSPS) is 14.1. The number of hydrogen-bond donors (Lipinski definition) is 0. The number of benzene rings is 2. The quantitative estimate of drug-likeness (QED) is 0.853. The van der Waals surface area contributed by atoms with Crippen molar-refractivity contribution in [3.8, 4) is 0 Å². The van der Waals surface area contributed by atoms with Crippen LogP contribution in [0, 0.1) is 12.7 Å². The smallest absolute Gasteiger partial charge is 0.264 e. The highest BCUT2D eigenvalue weighted by atomic mass is 32.2. The molecule has 3 rings (SSSR count). The third-order valence-corrected chi connectivity index (χ3v) is 5.25. The maximum absolute atomic E-state index is 13.8. The first-order chi connectivity index (χ1) is 9.98. The fraction of sp³-hybridized carbons (Fsp3) is 0.125. The minimum atomic E-state index is -3.66.